The zero-order valence-electron chi connectivity index (χ0n) is 18.6. The van der Waals surface area contributed by atoms with Crippen LogP contribution in [0.3, 0.4) is 0 Å². The number of aromatic nitrogens is 2. The minimum Gasteiger partial charge on any atom is -0.381 e. The first-order valence-corrected chi connectivity index (χ1v) is 11.8. The zero-order valence-corrected chi connectivity index (χ0v) is 19.5. The van der Waals surface area contributed by atoms with Crippen molar-refractivity contribution in [1.29, 1.82) is 0 Å². The first kappa shape index (κ1) is 21.4. The highest BCUT2D eigenvalue weighted by Crippen LogP contribution is 2.42. The molecule has 1 saturated heterocycles. The second kappa shape index (κ2) is 8.74. The Morgan fingerprint density at radius 3 is 2.83 bits per heavy atom. The summed E-state index contributed by atoms with van der Waals surface area (Å²) >= 11 is 1.88. The molecule has 0 unspecified atom stereocenters. The maximum Gasteiger partial charge on any atom is 0.0812 e. The predicted octanol–water partition coefficient (Wildman–Crippen LogP) is 5.60. The molecular weight excluding hydrogens is 390 g/mol. The summed E-state index contributed by atoms with van der Waals surface area (Å²) in [6, 6.07) is 10.8. The fourth-order valence-electron chi connectivity index (χ4n) is 4.57. The lowest BCUT2D eigenvalue weighted by Gasteiger charge is -2.38. The third-order valence-electron chi connectivity index (χ3n) is 6.70. The first-order chi connectivity index (χ1) is 14.4. The Balaban J connectivity index is 1.50. The largest absolute Gasteiger partial charge is 0.381 e. The van der Waals surface area contributed by atoms with E-state index >= 15 is 0 Å². The molecule has 0 radical (unpaired) electrons. The fraction of sp³-hybridized carbons (Fsp3) is 0.520. The lowest BCUT2D eigenvalue weighted by Crippen LogP contribution is -2.42. The predicted molar refractivity (Wildman–Crippen MR) is 125 cm³/mol. The number of hydrogen-bond acceptors (Lipinski definition) is 5. The van der Waals surface area contributed by atoms with Gasteiger partial charge in [0.1, 0.15) is 0 Å². The number of ether oxygens (including phenoxy) is 1. The molecule has 1 aliphatic heterocycles. The lowest BCUT2D eigenvalue weighted by atomic mass is 9.82. The minimum absolute atomic E-state index is 0.0316. The van der Waals surface area contributed by atoms with Gasteiger partial charge in [0.15, 0.2) is 0 Å². The van der Waals surface area contributed by atoms with Crippen molar-refractivity contribution in [1.82, 2.24) is 14.9 Å². The van der Waals surface area contributed by atoms with Crippen molar-refractivity contribution < 1.29 is 4.74 Å². The van der Waals surface area contributed by atoms with Crippen molar-refractivity contribution in [3.8, 4) is 0 Å². The molecule has 4 nitrogen and oxygen atoms in total. The minimum atomic E-state index is -0.0316. The molecule has 0 aliphatic carbocycles. The van der Waals surface area contributed by atoms with Gasteiger partial charge in [-0.3, -0.25) is 14.9 Å². The highest BCUT2D eigenvalue weighted by molar-refractivity contribution is 7.19. The van der Waals surface area contributed by atoms with Crippen LogP contribution in [-0.2, 0) is 16.7 Å². The van der Waals surface area contributed by atoms with Crippen LogP contribution in [0.5, 0.6) is 0 Å². The van der Waals surface area contributed by atoms with E-state index in [1.165, 1.54) is 21.6 Å². The van der Waals surface area contributed by atoms with E-state index < -0.39 is 0 Å². The molecule has 4 rings (SSSR count). The van der Waals surface area contributed by atoms with Gasteiger partial charge in [-0.15, -0.1) is 11.3 Å². The van der Waals surface area contributed by atoms with Gasteiger partial charge in [0.25, 0.3) is 0 Å². The summed E-state index contributed by atoms with van der Waals surface area (Å²) in [6.07, 6.45) is 7.35. The molecule has 0 spiro atoms. The quantitative estimate of drug-likeness (QED) is 0.473. The van der Waals surface area contributed by atoms with Gasteiger partial charge in [-0.25, -0.2) is 0 Å². The van der Waals surface area contributed by atoms with E-state index in [1.54, 1.807) is 0 Å². The molecule has 0 bridgehead atoms. The molecule has 0 aromatic carbocycles. The van der Waals surface area contributed by atoms with E-state index in [2.05, 4.69) is 59.9 Å². The summed E-state index contributed by atoms with van der Waals surface area (Å²) in [7, 11) is 0. The molecule has 1 aliphatic rings. The van der Waals surface area contributed by atoms with Crippen molar-refractivity contribution in [2.24, 2.45) is 5.41 Å². The Labute approximate surface area is 184 Å². The highest BCUT2D eigenvalue weighted by Gasteiger charge is 2.43. The SMILES string of the molecule is CCOC[C@@]1(CCc2cc3ncccc3s2)CCN(C(C)(C)c2ccc(C)nc2)C1. The number of aryl methyl sites for hydroxylation is 2. The average molecular weight is 424 g/mol. The van der Waals surface area contributed by atoms with Crippen LogP contribution in [0.15, 0.2) is 42.7 Å². The van der Waals surface area contributed by atoms with Gasteiger partial charge < -0.3 is 4.74 Å². The number of pyridine rings is 2. The van der Waals surface area contributed by atoms with Gasteiger partial charge in [0.2, 0.25) is 0 Å². The van der Waals surface area contributed by atoms with Crippen LogP contribution in [0.25, 0.3) is 10.2 Å². The van der Waals surface area contributed by atoms with Crippen molar-refractivity contribution in [3.05, 3.63) is 58.9 Å². The lowest BCUT2D eigenvalue weighted by molar-refractivity contribution is 0.0386. The molecule has 0 amide bonds. The van der Waals surface area contributed by atoms with Gasteiger partial charge in [0, 0.05) is 47.1 Å². The molecular formula is C25H33N3OS. The zero-order chi connectivity index (χ0) is 21.2. The molecule has 0 N–H and O–H groups in total. The maximum absolute atomic E-state index is 6.00. The normalized spacial score (nSPS) is 20.3. The van der Waals surface area contributed by atoms with Crippen LogP contribution in [0.1, 0.15) is 49.7 Å². The van der Waals surface area contributed by atoms with Gasteiger partial charge in [-0.2, -0.15) is 0 Å². The van der Waals surface area contributed by atoms with Crippen LogP contribution in [0.4, 0.5) is 0 Å². The summed E-state index contributed by atoms with van der Waals surface area (Å²) in [5.74, 6) is 0. The summed E-state index contributed by atoms with van der Waals surface area (Å²) in [5, 5.41) is 0. The second-order valence-electron chi connectivity index (χ2n) is 9.16. The van der Waals surface area contributed by atoms with E-state index in [9.17, 15) is 0 Å². The Hall–Kier alpha value is -1.82. The Morgan fingerprint density at radius 1 is 1.23 bits per heavy atom. The summed E-state index contributed by atoms with van der Waals surface area (Å²) < 4.78 is 7.29. The smallest absolute Gasteiger partial charge is 0.0812 e. The molecule has 160 valence electrons. The number of nitrogens with zero attached hydrogens (tertiary/aromatic N) is 3. The number of rotatable bonds is 8. The molecule has 30 heavy (non-hydrogen) atoms. The number of fused-ring (bicyclic) bond motifs is 1. The van der Waals surface area contributed by atoms with E-state index in [0.29, 0.717) is 0 Å². The third kappa shape index (κ3) is 4.43. The number of likely N-dealkylation sites (tertiary alicyclic amines) is 1. The molecule has 1 atom stereocenters. The maximum atomic E-state index is 6.00. The molecule has 1 fully saturated rings. The Morgan fingerprint density at radius 2 is 2.10 bits per heavy atom. The molecule has 3 aromatic heterocycles. The van der Waals surface area contributed by atoms with Gasteiger partial charge >= 0.3 is 0 Å². The topological polar surface area (TPSA) is 38.2 Å². The van der Waals surface area contributed by atoms with Crippen LogP contribution < -0.4 is 0 Å². The van der Waals surface area contributed by atoms with Crippen LogP contribution >= 0.6 is 11.3 Å². The number of thiophene rings is 1. The highest BCUT2D eigenvalue weighted by atomic mass is 32.1. The van der Waals surface area contributed by atoms with Gasteiger partial charge in [-0.05, 0) is 83.3 Å². The third-order valence-corrected chi connectivity index (χ3v) is 7.85. The monoisotopic (exact) mass is 423 g/mol. The summed E-state index contributed by atoms with van der Waals surface area (Å²) in [6.45, 7) is 12.6. The van der Waals surface area contributed by atoms with Crippen LogP contribution in [0, 0.1) is 12.3 Å². The van der Waals surface area contributed by atoms with Crippen molar-refractivity contribution in [2.45, 2.75) is 52.5 Å². The average Bonchev–Trinajstić information content (AvgIpc) is 3.36. The van der Waals surface area contributed by atoms with Crippen LogP contribution in [0.2, 0.25) is 0 Å². The Kier molecular flexibility index (Phi) is 6.24. The number of hydrogen-bond donors (Lipinski definition) is 0. The molecule has 5 heteroatoms. The van der Waals surface area contributed by atoms with E-state index in [-0.39, 0.29) is 11.0 Å². The molecule has 4 heterocycles. The second-order valence-corrected chi connectivity index (χ2v) is 10.3. The van der Waals surface area contributed by atoms with E-state index in [0.717, 1.165) is 50.4 Å². The van der Waals surface area contributed by atoms with Gasteiger partial charge in [-0.1, -0.05) is 6.07 Å². The van der Waals surface area contributed by atoms with Crippen molar-refractivity contribution >= 4 is 21.6 Å². The van der Waals surface area contributed by atoms with E-state index in [4.69, 9.17) is 4.74 Å². The van der Waals surface area contributed by atoms with Crippen LogP contribution in [-0.4, -0.2) is 41.2 Å². The molecule has 0 saturated carbocycles. The first-order valence-electron chi connectivity index (χ1n) is 11.0. The fourth-order valence-corrected chi connectivity index (χ4v) is 5.59. The van der Waals surface area contributed by atoms with Gasteiger partial charge in [0.05, 0.1) is 16.8 Å². The summed E-state index contributed by atoms with van der Waals surface area (Å²) in [4.78, 5) is 13.1. The molecule has 3 aromatic rings. The Bertz CT molecular complexity index is 948. The van der Waals surface area contributed by atoms with Crippen molar-refractivity contribution in [3.63, 3.8) is 0 Å². The standard InChI is InChI=1S/C25H33N3OS/c1-5-29-18-25(11-10-21-15-22-23(30-21)7-6-13-26-22)12-14-28(17-25)24(3,4)20-9-8-19(2)27-16-20/h6-9,13,15-16H,5,10-12,14,17-18H2,1-4H3/t25-/m0/s1. The van der Waals surface area contributed by atoms with Crippen molar-refractivity contribution in [2.75, 3.05) is 26.3 Å². The van der Waals surface area contributed by atoms with E-state index in [1.807, 2.05) is 36.7 Å². The summed E-state index contributed by atoms with van der Waals surface area (Å²) in [5.41, 5.74) is 3.65.